The Morgan fingerprint density at radius 3 is 2.62 bits per heavy atom. The maximum absolute atomic E-state index is 10.6. The molecule has 0 fully saturated rings. The van der Waals surface area contributed by atoms with Crippen molar-refractivity contribution >= 4 is 19.2 Å². The zero-order valence-electron chi connectivity index (χ0n) is 19.1. The first-order valence-corrected chi connectivity index (χ1v) is 12.9. The number of benzene rings is 2. The Kier molecular flexibility index (Phi) is 9.89. The van der Waals surface area contributed by atoms with E-state index < -0.39 is 8.25 Å². The molecule has 0 amide bonds. The summed E-state index contributed by atoms with van der Waals surface area (Å²) in [4.78, 5) is 13.4. The van der Waals surface area contributed by atoms with Gasteiger partial charge in [-0.1, -0.05) is 68.7 Å². The fourth-order valence-corrected chi connectivity index (χ4v) is 4.38. The molecule has 0 aliphatic rings. The van der Waals surface area contributed by atoms with Gasteiger partial charge >= 0.3 is 8.25 Å². The zero-order valence-corrected chi connectivity index (χ0v) is 20.1. The molecular weight excluding hydrogens is 419 g/mol. The Morgan fingerprint density at radius 2 is 1.88 bits per heavy atom. The first-order chi connectivity index (χ1) is 15.6. The van der Waals surface area contributed by atoms with E-state index in [1.165, 1.54) is 42.4 Å². The highest BCUT2D eigenvalue weighted by Gasteiger charge is 2.13. The van der Waals surface area contributed by atoms with E-state index in [2.05, 4.69) is 61.6 Å². The molecule has 5 nitrogen and oxygen atoms in total. The molecule has 3 rings (SSSR count). The van der Waals surface area contributed by atoms with Gasteiger partial charge in [0.15, 0.2) is 0 Å². The van der Waals surface area contributed by atoms with E-state index in [0.717, 1.165) is 22.9 Å². The first-order valence-electron chi connectivity index (χ1n) is 11.7. The predicted molar refractivity (Wildman–Crippen MR) is 133 cm³/mol. The number of rotatable bonds is 13. The summed E-state index contributed by atoms with van der Waals surface area (Å²) in [5.41, 5.74) is 5.96. The van der Waals surface area contributed by atoms with Gasteiger partial charge in [0.25, 0.3) is 0 Å². The van der Waals surface area contributed by atoms with Gasteiger partial charge in [0, 0.05) is 17.6 Å². The van der Waals surface area contributed by atoms with Crippen LogP contribution in [0.5, 0.6) is 0 Å². The van der Waals surface area contributed by atoms with E-state index in [0.29, 0.717) is 13.0 Å². The van der Waals surface area contributed by atoms with Gasteiger partial charge in [-0.25, -0.2) is 0 Å². The summed E-state index contributed by atoms with van der Waals surface area (Å²) >= 11 is 0. The zero-order chi connectivity index (χ0) is 22.8. The highest BCUT2D eigenvalue weighted by Crippen LogP contribution is 2.32. The maximum atomic E-state index is 10.6. The second-order valence-electron chi connectivity index (χ2n) is 8.25. The lowest BCUT2D eigenvalue weighted by Gasteiger charge is -2.18. The van der Waals surface area contributed by atoms with Crippen molar-refractivity contribution in [3.63, 3.8) is 0 Å². The summed E-state index contributed by atoms with van der Waals surface area (Å²) in [5, 5.41) is 4.62. The smallest absolute Gasteiger partial charge is 0.316 e. The standard InChI is InChI=1S/C26H35N2O3P/c1-3-4-5-6-9-21-11-13-22(14-12-21)24-16-15-23(26-25(24)10-7-17-28-26)20(2)27-18-8-19-31-32(29)30/h7,10-17,20,27,32H,3-6,8-9,18-19H2,1-2H3,(H,29,30). The summed E-state index contributed by atoms with van der Waals surface area (Å²) in [5.74, 6) is 0. The van der Waals surface area contributed by atoms with Crippen LogP contribution < -0.4 is 5.32 Å². The SMILES string of the molecule is CCCCCCc1ccc(-c2ccc(C(C)NCCCO[PH](=O)O)c3ncccc23)cc1. The fourth-order valence-electron chi connectivity index (χ4n) is 4.06. The van der Waals surface area contributed by atoms with Gasteiger partial charge in [0.1, 0.15) is 0 Å². The molecule has 0 saturated heterocycles. The second kappa shape index (κ2) is 12.9. The third kappa shape index (κ3) is 6.98. The third-order valence-corrected chi connectivity index (χ3v) is 6.30. The number of fused-ring (bicyclic) bond motifs is 1. The summed E-state index contributed by atoms with van der Waals surface area (Å²) in [6.07, 6.45) is 8.80. The normalized spacial score (nSPS) is 13.3. The average molecular weight is 455 g/mol. The van der Waals surface area contributed by atoms with Gasteiger partial charge in [-0.05, 0) is 61.1 Å². The molecule has 1 aromatic heterocycles. The van der Waals surface area contributed by atoms with Crippen LogP contribution in [0.4, 0.5) is 0 Å². The number of hydrogen-bond donors (Lipinski definition) is 2. The predicted octanol–water partition coefficient (Wildman–Crippen LogP) is 6.46. The molecule has 3 aromatic rings. The van der Waals surface area contributed by atoms with Crippen LogP contribution in [0.1, 0.15) is 63.1 Å². The molecule has 0 spiro atoms. The number of aryl methyl sites for hydroxylation is 1. The van der Waals surface area contributed by atoms with Crippen LogP contribution in [0.3, 0.4) is 0 Å². The molecule has 0 radical (unpaired) electrons. The molecule has 0 aliphatic heterocycles. The highest BCUT2D eigenvalue weighted by atomic mass is 31.1. The number of nitrogens with zero attached hydrogens (tertiary/aromatic N) is 1. The molecule has 2 N–H and O–H groups in total. The molecule has 0 saturated carbocycles. The number of aromatic nitrogens is 1. The van der Waals surface area contributed by atoms with Crippen LogP contribution in [0, 0.1) is 0 Å². The fraction of sp³-hybridized carbons (Fsp3) is 0.423. The Bertz CT molecular complexity index is 1010. The largest absolute Gasteiger partial charge is 0.326 e. The molecule has 0 bridgehead atoms. The van der Waals surface area contributed by atoms with Crippen molar-refractivity contribution in [3.8, 4) is 11.1 Å². The Morgan fingerprint density at radius 1 is 1.06 bits per heavy atom. The van der Waals surface area contributed by atoms with E-state index in [1.54, 1.807) is 0 Å². The maximum Gasteiger partial charge on any atom is 0.316 e. The molecule has 1 heterocycles. The summed E-state index contributed by atoms with van der Waals surface area (Å²) in [6.45, 7) is 5.34. The molecule has 2 aromatic carbocycles. The minimum absolute atomic E-state index is 0.109. The van der Waals surface area contributed by atoms with E-state index in [9.17, 15) is 4.57 Å². The molecule has 2 atom stereocenters. The number of unbranched alkanes of at least 4 members (excludes halogenated alkanes) is 3. The quantitative estimate of drug-likeness (QED) is 0.229. The highest BCUT2D eigenvalue weighted by molar-refractivity contribution is 7.32. The van der Waals surface area contributed by atoms with Crippen molar-refractivity contribution in [2.75, 3.05) is 13.2 Å². The van der Waals surface area contributed by atoms with E-state index >= 15 is 0 Å². The monoisotopic (exact) mass is 454 g/mol. The van der Waals surface area contributed by atoms with Crippen LogP contribution in [-0.2, 0) is 15.5 Å². The number of pyridine rings is 1. The van der Waals surface area contributed by atoms with E-state index in [-0.39, 0.29) is 12.6 Å². The van der Waals surface area contributed by atoms with Gasteiger partial charge in [0.05, 0.1) is 12.1 Å². The van der Waals surface area contributed by atoms with Crippen molar-refractivity contribution in [3.05, 3.63) is 65.9 Å². The van der Waals surface area contributed by atoms with Gasteiger partial charge in [0.2, 0.25) is 0 Å². The molecule has 172 valence electrons. The molecular formula is C26H35N2O3P. The van der Waals surface area contributed by atoms with Crippen LogP contribution in [-0.4, -0.2) is 23.0 Å². The minimum atomic E-state index is -2.84. The third-order valence-electron chi connectivity index (χ3n) is 5.85. The summed E-state index contributed by atoms with van der Waals surface area (Å²) in [7, 11) is -2.84. The van der Waals surface area contributed by atoms with Gasteiger partial charge in [-0.2, -0.15) is 0 Å². The van der Waals surface area contributed by atoms with Crippen molar-refractivity contribution < 1.29 is 14.0 Å². The lowest BCUT2D eigenvalue weighted by atomic mass is 9.94. The lowest BCUT2D eigenvalue weighted by molar-refractivity contribution is 0.275. The number of nitrogens with one attached hydrogen (secondary N) is 1. The Balaban J connectivity index is 1.72. The van der Waals surface area contributed by atoms with Crippen LogP contribution in [0.15, 0.2) is 54.7 Å². The second-order valence-corrected chi connectivity index (χ2v) is 9.07. The van der Waals surface area contributed by atoms with E-state index in [1.807, 2.05) is 12.3 Å². The molecule has 6 heteroatoms. The van der Waals surface area contributed by atoms with Crippen molar-refractivity contribution in [1.29, 1.82) is 0 Å². The lowest BCUT2D eigenvalue weighted by Crippen LogP contribution is -2.21. The van der Waals surface area contributed by atoms with Gasteiger partial charge in [-0.15, -0.1) is 0 Å². The van der Waals surface area contributed by atoms with Crippen LogP contribution in [0.25, 0.3) is 22.0 Å². The van der Waals surface area contributed by atoms with Crippen LogP contribution >= 0.6 is 8.25 Å². The van der Waals surface area contributed by atoms with Gasteiger partial charge < -0.3 is 14.7 Å². The van der Waals surface area contributed by atoms with Crippen LogP contribution in [0.2, 0.25) is 0 Å². The molecule has 32 heavy (non-hydrogen) atoms. The van der Waals surface area contributed by atoms with Crippen molar-refractivity contribution in [2.45, 2.75) is 58.4 Å². The summed E-state index contributed by atoms with van der Waals surface area (Å²) in [6, 6.07) is 17.5. The average Bonchev–Trinajstić information content (AvgIpc) is 2.81. The van der Waals surface area contributed by atoms with Crippen molar-refractivity contribution in [1.82, 2.24) is 10.3 Å². The number of hydrogen-bond acceptors (Lipinski definition) is 4. The minimum Gasteiger partial charge on any atom is -0.326 e. The summed E-state index contributed by atoms with van der Waals surface area (Å²) < 4.78 is 15.4. The molecule has 0 aliphatic carbocycles. The van der Waals surface area contributed by atoms with Gasteiger partial charge in [-0.3, -0.25) is 9.55 Å². The Hall–Kier alpha value is -2.04. The Labute approximate surface area is 192 Å². The first kappa shape index (κ1) is 24.6. The topological polar surface area (TPSA) is 71.5 Å². The van der Waals surface area contributed by atoms with Crippen molar-refractivity contribution in [2.24, 2.45) is 0 Å². The molecule has 2 unspecified atom stereocenters. The van der Waals surface area contributed by atoms with E-state index in [4.69, 9.17) is 14.4 Å².